The van der Waals surface area contributed by atoms with Crippen LogP contribution in [0, 0.1) is 20.8 Å². The molecule has 0 atom stereocenters. The first-order valence-electron chi connectivity index (χ1n) is 7.97. The van der Waals surface area contributed by atoms with Crippen LogP contribution in [-0.4, -0.2) is 15.5 Å². The third kappa shape index (κ3) is 3.71. The van der Waals surface area contributed by atoms with Crippen molar-refractivity contribution in [3.63, 3.8) is 0 Å². The zero-order chi connectivity index (χ0) is 17.1. The minimum Gasteiger partial charge on any atom is -0.331 e. The number of benzene rings is 2. The first-order valence-corrected chi connectivity index (χ1v) is 7.97. The summed E-state index contributed by atoms with van der Waals surface area (Å²) in [5.74, 6) is 0.886. The van der Waals surface area contributed by atoms with Crippen molar-refractivity contribution in [1.82, 2.24) is 9.55 Å². The maximum Gasteiger partial charge on any atom is 0.255 e. The average Bonchev–Trinajstić information content (AvgIpc) is 2.92. The SMILES string of the molecule is Cc1cc(C)cc(NC(=O)c2ccc(Cn3ccnc3C)cc2)c1. The van der Waals surface area contributed by atoms with Gasteiger partial charge in [0.15, 0.2) is 0 Å². The molecule has 24 heavy (non-hydrogen) atoms. The van der Waals surface area contributed by atoms with Crippen LogP contribution in [-0.2, 0) is 6.54 Å². The van der Waals surface area contributed by atoms with E-state index in [0.717, 1.165) is 34.7 Å². The number of aromatic nitrogens is 2. The third-order valence-corrected chi connectivity index (χ3v) is 3.97. The highest BCUT2D eigenvalue weighted by atomic mass is 16.1. The number of nitrogens with one attached hydrogen (secondary N) is 1. The Kier molecular flexibility index (Phi) is 4.47. The Morgan fingerprint density at radius 1 is 1.04 bits per heavy atom. The van der Waals surface area contributed by atoms with Crippen LogP contribution in [0.25, 0.3) is 0 Å². The molecule has 0 aliphatic carbocycles. The van der Waals surface area contributed by atoms with E-state index in [1.54, 1.807) is 6.20 Å². The zero-order valence-corrected chi connectivity index (χ0v) is 14.2. The molecule has 0 radical (unpaired) electrons. The number of anilines is 1. The van der Waals surface area contributed by atoms with Crippen molar-refractivity contribution >= 4 is 11.6 Å². The highest BCUT2D eigenvalue weighted by Crippen LogP contribution is 2.15. The van der Waals surface area contributed by atoms with Gasteiger partial charge in [0.2, 0.25) is 0 Å². The number of carbonyl (C=O) groups is 1. The molecule has 0 fully saturated rings. The van der Waals surface area contributed by atoms with Gasteiger partial charge in [0.05, 0.1) is 0 Å². The Balaban J connectivity index is 1.70. The van der Waals surface area contributed by atoms with E-state index in [-0.39, 0.29) is 5.91 Å². The van der Waals surface area contributed by atoms with Gasteiger partial charge in [0.1, 0.15) is 5.82 Å². The van der Waals surface area contributed by atoms with E-state index < -0.39 is 0 Å². The maximum atomic E-state index is 12.4. The smallest absolute Gasteiger partial charge is 0.255 e. The summed E-state index contributed by atoms with van der Waals surface area (Å²) in [6.45, 7) is 6.78. The second kappa shape index (κ2) is 6.71. The Bertz CT molecular complexity index is 843. The largest absolute Gasteiger partial charge is 0.331 e. The number of carbonyl (C=O) groups excluding carboxylic acids is 1. The molecule has 0 saturated heterocycles. The lowest BCUT2D eigenvalue weighted by molar-refractivity contribution is 0.102. The predicted molar refractivity (Wildman–Crippen MR) is 96.4 cm³/mol. The van der Waals surface area contributed by atoms with Crippen LogP contribution in [0.4, 0.5) is 5.69 Å². The molecule has 3 aromatic rings. The summed E-state index contributed by atoms with van der Waals surface area (Å²) < 4.78 is 2.07. The van der Waals surface area contributed by atoms with Gasteiger partial charge in [-0.25, -0.2) is 4.98 Å². The second-order valence-corrected chi connectivity index (χ2v) is 6.13. The van der Waals surface area contributed by atoms with Gasteiger partial charge in [-0.1, -0.05) is 18.2 Å². The molecule has 0 aliphatic heterocycles. The number of rotatable bonds is 4. The number of aryl methyl sites for hydroxylation is 3. The normalized spacial score (nSPS) is 10.6. The lowest BCUT2D eigenvalue weighted by Crippen LogP contribution is -2.12. The highest BCUT2D eigenvalue weighted by molar-refractivity contribution is 6.04. The van der Waals surface area contributed by atoms with Gasteiger partial charge >= 0.3 is 0 Å². The number of imidazole rings is 1. The van der Waals surface area contributed by atoms with E-state index in [0.29, 0.717) is 5.56 Å². The molecule has 1 N–H and O–H groups in total. The monoisotopic (exact) mass is 319 g/mol. The van der Waals surface area contributed by atoms with Crippen molar-refractivity contribution in [2.45, 2.75) is 27.3 Å². The lowest BCUT2D eigenvalue weighted by Gasteiger charge is -2.09. The van der Waals surface area contributed by atoms with E-state index in [1.807, 2.05) is 63.4 Å². The number of hydrogen-bond donors (Lipinski definition) is 1. The van der Waals surface area contributed by atoms with Crippen LogP contribution in [0.5, 0.6) is 0 Å². The van der Waals surface area contributed by atoms with Crippen molar-refractivity contribution in [3.8, 4) is 0 Å². The van der Waals surface area contributed by atoms with Gasteiger partial charge in [0, 0.05) is 30.2 Å². The van der Waals surface area contributed by atoms with Crippen molar-refractivity contribution < 1.29 is 4.79 Å². The van der Waals surface area contributed by atoms with Crippen molar-refractivity contribution in [3.05, 3.63) is 82.9 Å². The van der Waals surface area contributed by atoms with Crippen LogP contribution >= 0.6 is 0 Å². The van der Waals surface area contributed by atoms with Crippen LogP contribution in [0.15, 0.2) is 54.9 Å². The van der Waals surface area contributed by atoms with E-state index >= 15 is 0 Å². The number of amides is 1. The number of nitrogens with zero attached hydrogens (tertiary/aromatic N) is 2. The number of hydrogen-bond acceptors (Lipinski definition) is 2. The Morgan fingerprint density at radius 3 is 2.29 bits per heavy atom. The van der Waals surface area contributed by atoms with Gasteiger partial charge < -0.3 is 9.88 Å². The van der Waals surface area contributed by atoms with E-state index in [4.69, 9.17) is 0 Å². The van der Waals surface area contributed by atoms with E-state index in [1.165, 1.54) is 0 Å². The van der Waals surface area contributed by atoms with Crippen molar-refractivity contribution in [2.24, 2.45) is 0 Å². The molecule has 0 unspecified atom stereocenters. The second-order valence-electron chi connectivity index (χ2n) is 6.13. The topological polar surface area (TPSA) is 46.9 Å². The van der Waals surface area contributed by atoms with E-state index in [2.05, 4.69) is 20.9 Å². The molecule has 4 nitrogen and oxygen atoms in total. The summed E-state index contributed by atoms with van der Waals surface area (Å²) in [7, 11) is 0. The summed E-state index contributed by atoms with van der Waals surface area (Å²) >= 11 is 0. The Hall–Kier alpha value is -2.88. The predicted octanol–water partition coefficient (Wildman–Crippen LogP) is 4.11. The summed E-state index contributed by atoms with van der Waals surface area (Å²) in [5.41, 5.74) is 4.89. The maximum absolute atomic E-state index is 12.4. The molecule has 0 bridgehead atoms. The molecular weight excluding hydrogens is 298 g/mol. The molecule has 2 aromatic carbocycles. The molecule has 1 heterocycles. The van der Waals surface area contributed by atoms with Gasteiger partial charge in [-0.05, 0) is 61.7 Å². The van der Waals surface area contributed by atoms with Crippen molar-refractivity contribution in [1.29, 1.82) is 0 Å². The molecule has 1 amide bonds. The van der Waals surface area contributed by atoms with Gasteiger partial charge in [0.25, 0.3) is 5.91 Å². The van der Waals surface area contributed by atoms with Crippen molar-refractivity contribution in [2.75, 3.05) is 5.32 Å². The molecule has 0 aliphatic rings. The summed E-state index contributed by atoms with van der Waals surface area (Å²) in [6.07, 6.45) is 3.75. The van der Waals surface area contributed by atoms with Crippen LogP contribution in [0.3, 0.4) is 0 Å². The molecule has 122 valence electrons. The fourth-order valence-corrected chi connectivity index (χ4v) is 2.78. The van der Waals surface area contributed by atoms with Crippen LogP contribution in [0.2, 0.25) is 0 Å². The van der Waals surface area contributed by atoms with Gasteiger partial charge in [-0.3, -0.25) is 4.79 Å². The van der Waals surface area contributed by atoms with Crippen LogP contribution < -0.4 is 5.32 Å². The van der Waals surface area contributed by atoms with Gasteiger partial charge in [-0.15, -0.1) is 0 Å². The molecule has 1 aromatic heterocycles. The standard InChI is InChI=1S/C20H21N3O/c1-14-10-15(2)12-19(11-14)22-20(24)18-6-4-17(5-7-18)13-23-9-8-21-16(23)3/h4-12H,13H2,1-3H3,(H,22,24). The molecule has 0 saturated carbocycles. The third-order valence-electron chi connectivity index (χ3n) is 3.97. The highest BCUT2D eigenvalue weighted by Gasteiger charge is 2.07. The zero-order valence-electron chi connectivity index (χ0n) is 14.2. The minimum absolute atomic E-state index is 0.0923. The molecule has 3 rings (SSSR count). The quantitative estimate of drug-likeness (QED) is 0.786. The average molecular weight is 319 g/mol. The summed E-state index contributed by atoms with van der Waals surface area (Å²) in [6, 6.07) is 13.7. The molecule has 0 spiro atoms. The van der Waals surface area contributed by atoms with E-state index in [9.17, 15) is 4.79 Å². The lowest BCUT2D eigenvalue weighted by atomic mass is 10.1. The van der Waals surface area contributed by atoms with Crippen LogP contribution in [0.1, 0.15) is 32.9 Å². The first-order chi connectivity index (χ1) is 11.5. The Morgan fingerprint density at radius 2 is 1.71 bits per heavy atom. The Labute approximate surface area is 142 Å². The first kappa shape index (κ1) is 16.0. The van der Waals surface area contributed by atoms with Gasteiger partial charge in [-0.2, -0.15) is 0 Å². The molecular formula is C20H21N3O. The fourth-order valence-electron chi connectivity index (χ4n) is 2.78. The summed E-state index contributed by atoms with van der Waals surface area (Å²) in [4.78, 5) is 16.6. The molecule has 4 heteroatoms. The minimum atomic E-state index is -0.0923. The summed E-state index contributed by atoms with van der Waals surface area (Å²) in [5, 5.41) is 2.96. The fraction of sp³-hybridized carbons (Fsp3) is 0.200.